The van der Waals surface area contributed by atoms with Gasteiger partial charge in [-0.1, -0.05) is 36.8 Å². The summed E-state index contributed by atoms with van der Waals surface area (Å²) in [7, 11) is 0. The van der Waals surface area contributed by atoms with Gasteiger partial charge in [0.25, 0.3) is 5.56 Å². The van der Waals surface area contributed by atoms with Crippen molar-refractivity contribution in [2.24, 2.45) is 5.92 Å². The lowest BCUT2D eigenvalue weighted by Crippen LogP contribution is -2.36. The lowest BCUT2D eigenvalue weighted by molar-refractivity contribution is -0.121. The fraction of sp³-hybridized carbons (Fsp3) is 0.458. The lowest BCUT2D eigenvalue weighted by Gasteiger charge is -2.30. The molecular formula is C24H30N4O2S. The molecule has 1 saturated heterocycles. The number of fused-ring (bicyclic) bond motifs is 1. The molecule has 4 rings (SSSR count). The van der Waals surface area contributed by atoms with Crippen LogP contribution in [-0.4, -0.2) is 46.5 Å². The highest BCUT2D eigenvalue weighted by Gasteiger charge is 2.16. The molecule has 1 aliphatic heterocycles. The van der Waals surface area contributed by atoms with Crippen molar-refractivity contribution in [3.8, 4) is 11.1 Å². The maximum Gasteiger partial charge on any atom is 0.263 e. The Bertz CT molecular complexity index is 1090. The van der Waals surface area contributed by atoms with Crippen molar-refractivity contribution in [2.45, 2.75) is 39.7 Å². The van der Waals surface area contributed by atoms with Crippen LogP contribution in [0, 0.1) is 12.8 Å². The summed E-state index contributed by atoms with van der Waals surface area (Å²) >= 11 is 1.46. The van der Waals surface area contributed by atoms with Crippen molar-refractivity contribution in [3.05, 3.63) is 51.9 Å². The third-order valence-electron chi connectivity index (χ3n) is 6.09. The summed E-state index contributed by atoms with van der Waals surface area (Å²) in [5, 5.41) is 5.50. The summed E-state index contributed by atoms with van der Waals surface area (Å²) in [6.07, 6.45) is 4.93. The van der Waals surface area contributed by atoms with Crippen molar-refractivity contribution in [1.82, 2.24) is 19.8 Å². The Labute approximate surface area is 186 Å². The van der Waals surface area contributed by atoms with E-state index in [1.807, 2.05) is 36.6 Å². The van der Waals surface area contributed by atoms with Gasteiger partial charge >= 0.3 is 0 Å². The Hall–Kier alpha value is -2.51. The van der Waals surface area contributed by atoms with Crippen LogP contribution < -0.4 is 10.9 Å². The number of aryl methyl sites for hydroxylation is 1. The van der Waals surface area contributed by atoms with E-state index in [4.69, 9.17) is 0 Å². The van der Waals surface area contributed by atoms with Gasteiger partial charge < -0.3 is 10.2 Å². The molecule has 1 amide bonds. The van der Waals surface area contributed by atoms with E-state index >= 15 is 0 Å². The van der Waals surface area contributed by atoms with Gasteiger partial charge in [0.15, 0.2) is 0 Å². The normalized spacial score (nSPS) is 15.4. The summed E-state index contributed by atoms with van der Waals surface area (Å²) in [6, 6.07) is 8.10. The topological polar surface area (TPSA) is 67.2 Å². The van der Waals surface area contributed by atoms with E-state index in [0.717, 1.165) is 43.1 Å². The van der Waals surface area contributed by atoms with Crippen LogP contribution in [0.5, 0.6) is 0 Å². The van der Waals surface area contributed by atoms with Crippen molar-refractivity contribution < 1.29 is 4.79 Å². The van der Waals surface area contributed by atoms with E-state index in [-0.39, 0.29) is 18.0 Å². The van der Waals surface area contributed by atoms with E-state index in [1.165, 1.54) is 40.6 Å². The van der Waals surface area contributed by atoms with E-state index in [9.17, 15) is 9.59 Å². The third-order valence-corrected chi connectivity index (χ3v) is 6.97. The molecular weight excluding hydrogens is 408 g/mol. The van der Waals surface area contributed by atoms with Crippen LogP contribution in [0.3, 0.4) is 0 Å². The number of hydrogen-bond acceptors (Lipinski definition) is 5. The van der Waals surface area contributed by atoms with E-state index < -0.39 is 0 Å². The number of nitrogens with one attached hydrogen (secondary N) is 1. The molecule has 0 saturated carbocycles. The number of rotatable bonds is 7. The maximum absolute atomic E-state index is 13.1. The highest BCUT2D eigenvalue weighted by Crippen LogP contribution is 2.30. The second kappa shape index (κ2) is 9.75. The second-order valence-corrected chi connectivity index (χ2v) is 9.46. The zero-order chi connectivity index (χ0) is 21.8. The Kier molecular flexibility index (Phi) is 6.83. The predicted octanol–water partition coefficient (Wildman–Crippen LogP) is 3.67. The predicted molar refractivity (Wildman–Crippen MR) is 127 cm³/mol. The molecule has 0 bridgehead atoms. The minimum atomic E-state index is -0.167. The summed E-state index contributed by atoms with van der Waals surface area (Å²) in [5.74, 6) is 0.678. The number of amides is 1. The van der Waals surface area contributed by atoms with Crippen molar-refractivity contribution in [3.63, 3.8) is 0 Å². The van der Waals surface area contributed by atoms with Crippen LogP contribution in [0.1, 0.15) is 31.7 Å². The standard InChI is InChI=1S/C24H30N4O2S/c1-17-4-6-19(7-5-17)20-15-31-23-22(20)24(30)28(16-26-23)14-21(29)25-10-3-11-27-12-8-18(2)9-13-27/h4-7,15-16,18H,3,8-14H2,1-2H3,(H,25,29). The summed E-state index contributed by atoms with van der Waals surface area (Å²) < 4.78 is 1.41. The molecule has 1 aliphatic rings. The molecule has 3 heterocycles. The number of nitrogens with zero attached hydrogens (tertiary/aromatic N) is 3. The second-order valence-electron chi connectivity index (χ2n) is 8.60. The van der Waals surface area contributed by atoms with Gasteiger partial charge in [0.1, 0.15) is 11.4 Å². The molecule has 1 aromatic carbocycles. The van der Waals surface area contributed by atoms with Crippen molar-refractivity contribution in [2.75, 3.05) is 26.2 Å². The highest BCUT2D eigenvalue weighted by atomic mass is 32.1. The maximum atomic E-state index is 13.1. The summed E-state index contributed by atoms with van der Waals surface area (Å²) in [4.78, 5) is 33.1. The number of benzene rings is 1. The van der Waals surface area contributed by atoms with Crippen LogP contribution >= 0.6 is 11.3 Å². The molecule has 0 unspecified atom stereocenters. The van der Waals surface area contributed by atoms with E-state index in [1.54, 1.807) is 0 Å². The Balaban J connectivity index is 1.37. The first-order valence-electron chi connectivity index (χ1n) is 11.0. The summed E-state index contributed by atoms with van der Waals surface area (Å²) in [5.41, 5.74) is 2.87. The summed E-state index contributed by atoms with van der Waals surface area (Å²) in [6.45, 7) is 8.28. The number of carbonyl (C=O) groups excluding carboxylic acids is 1. The fourth-order valence-corrected chi connectivity index (χ4v) is 4.96. The molecule has 31 heavy (non-hydrogen) atoms. The Morgan fingerprint density at radius 3 is 2.71 bits per heavy atom. The van der Waals surface area contributed by atoms with Gasteiger partial charge in [-0.05, 0) is 57.3 Å². The molecule has 6 nitrogen and oxygen atoms in total. The van der Waals surface area contributed by atoms with Gasteiger partial charge in [0, 0.05) is 17.5 Å². The molecule has 0 radical (unpaired) electrons. The first kappa shape index (κ1) is 21.7. The smallest absolute Gasteiger partial charge is 0.263 e. The minimum absolute atomic E-state index is 0.00775. The van der Waals surface area contributed by atoms with Crippen LogP contribution in [0.2, 0.25) is 0 Å². The number of carbonyl (C=O) groups is 1. The molecule has 0 aliphatic carbocycles. The van der Waals surface area contributed by atoms with Crippen molar-refractivity contribution in [1.29, 1.82) is 0 Å². The molecule has 1 fully saturated rings. The van der Waals surface area contributed by atoms with E-state index in [2.05, 4.69) is 22.1 Å². The number of aromatic nitrogens is 2. The van der Waals surface area contributed by atoms with Crippen LogP contribution in [0.25, 0.3) is 21.3 Å². The number of thiophene rings is 1. The average molecular weight is 439 g/mol. The number of hydrogen-bond donors (Lipinski definition) is 1. The monoisotopic (exact) mass is 438 g/mol. The highest BCUT2D eigenvalue weighted by molar-refractivity contribution is 7.17. The van der Waals surface area contributed by atoms with Gasteiger partial charge in [-0.3, -0.25) is 14.2 Å². The average Bonchev–Trinajstić information content (AvgIpc) is 3.20. The van der Waals surface area contributed by atoms with Crippen LogP contribution in [-0.2, 0) is 11.3 Å². The zero-order valence-electron chi connectivity index (χ0n) is 18.3. The van der Waals surface area contributed by atoms with Crippen LogP contribution in [0.4, 0.5) is 0 Å². The molecule has 1 N–H and O–H groups in total. The number of likely N-dealkylation sites (tertiary alicyclic amines) is 1. The lowest BCUT2D eigenvalue weighted by atomic mass is 9.99. The van der Waals surface area contributed by atoms with Gasteiger partial charge in [0.2, 0.25) is 5.91 Å². The molecule has 0 atom stereocenters. The van der Waals surface area contributed by atoms with Gasteiger partial charge in [-0.2, -0.15) is 0 Å². The largest absolute Gasteiger partial charge is 0.354 e. The van der Waals surface area contributed by atoms with Gasteiger partial charge in [-0.25, -0.2) is 4.98 Å². The first-order valence-corrected chi connectivity index (χ1v) is 11.9. The third kappa shape index (κ3) is 5.22. The van der Waals surface area contributed by atoms with Gasteiger partial charge in [0.05, 0.1) is 11.7 Å². The van der Waals surface area contributed by atoms with Gasteiger partial charge in [-0.15, -0.1) is 11.3 Å². The molecule has 3 aromatic rings. The number of piperidine rings is 1. The minimum Gasteiger partial charge on any atom is -0.354 e. The molecule has 7 heteroatoms. The first-order chi connectivity index (χ1) is 15.0. The molecule has 164 valence electrons. The fourth-order valence-electron chi connectivity index (χ4n) is 4.05. The quantitative estimate of drug-likeness (QED) is 0.572. The Morgan fingerprint density at radius 2 is 1.97 bits per heavy atom. The van der Waals surface area contributed by atoms with E-state index in [0.29, 0.717) is 16.8 Å². The van der Waals surface area contributed by atoms with Crippen molar-refractivity contribution >= 4 is 27.5 Å². The Morgan fingerprint density at radius 1 is 1.23 bits per heavy atom. The van der Waals surface area contributed by atoms with Crippen LogP contribution in [0.15, 0.2) is 40.8 Å². The molecule has 0 spiro atoms. The molecule has 2 aromatic heterocycles. The zero-order valence-corrected chi connectivity index (χ0v) is 19.1. The SMILES string of the molecule is Cc1ccc(-c2csc3ncn(CC(=O)NCCCN4CCC(C)CC4)c(=O)c23)cc1.